The Morgan fingerprint density at radius 1 is 1.33 bits per heavy atom. The zero-order valence-corrected chi connectivity index (χ0v) is 10.3. The highest BCUT2D eigenvalue weighted by Crippen LogP contribution is 2.05. The summed E-state index contributed by atoms with van der Waals surface area (Å²) < 4.78 is 0. The second-order valence-corrected chi connectivity index (χ2v) is 4.26. The van der Waals surface area contributed by atoms with Gasteiger partial charge in [0.25, 0.3) is 0 Å². The molecule has 0 saturated heterocycles. The van der Waals surface area contributed by atoms with E-state index < -0.39 is 0 Å². The molecule has 0 aromatic carbocycles. The first-order valence-corrected chi connectivity index (χ1v) is 6.00. The second-order valence-electron chi connectivity index (χ2n) is 4.26. The van der Waals surface area contributed by atoms with Crippen LogP contribution in [0, 0.1) is 0 Å². The predicted octanol–water partition coefficient (Wildman–Crippen LogP) is 2.19. The van der Waals surface area contributed by atoms with E-state index in [0.717, 1.165) is 12.8 Å². The van der Waals surface area contributed by atoms with Crippen LogP contribution < -0.4 is 0 Å². The fraction of sp³-hybridized carbons (Fsp3) is 0.917. The van der Waals surface area contributed by atoms with Gasteiger partial charge in [-0.1, -0.05) is 26.2 Å². The van der Waals surface area contributed by atoms with Crippen molar-refractivity contribution in [2.75, 3.05) is 13.6 Å². The van der Waals surface area contributed by atoms with Crippen LogP contribution in [-0.4, -0.2) is 35.6 Å². The highest BCUT2D eigenvalue weighted by Gasteiger charge is 2.08. The molecule has 1 N–H and O–H groups in total. The molecule has 1 atom stereocenters. The van der Waals surface area contributed by atoms with Crippen molar-refractivity contribution in [2.24, 2.45) is 0 Å². The van der Waals surface area contributed by atoms with Gasteiger partial charge in [-0.15, -0.1) is 0 Å². The van der Waals surface area contributed by atoms with E-state index in [9.17, 15) is 4.79 Å². The van der Waals surface area contributed by atoms with Crippen LogP contribution in [0.5, 0.6) is 0 Å². The molecule has 0 aliphatic heterocycles. The maximum absolute atomic E-state index is 11.6. The standard InChI is InChI=1S/C12H25NO2/c1-4-5-6-7-8-12(15)13(3)10-9-11(2)14/h11,14H,4-10H2,1-3H3. The van der Waals surface area contributed by atoms with E-state index in [2.05, 4.69) is 6.92 Å². The predicted molar refractivity (Wildman–Crippen MR) is 62.7 cm³/mol. The molecule has 1 unspecified atom stereocenters. The Hall–Kier alpha value is -0.570. The van der Waals surface area contributed by atoms with Crippen LogP contribution in [0.15, 0.2) is 0 Å². The third kappa shape index (κ3) is 8.43. The Bertz CT molecular complexity index is 169. The van der Waals surface area contributed by atoms with Gasteiger partial charge in [0.15, 0.2) is 0 Å². The number of aliphatic hydroxyl groups excluding tert-OH is 1. The molecule has 3 heteroatoms. The summed E-state index contributed by atoms with van der Waals surface area (Å²) in [6.07, 6.45) is 5.54. The average Bonchev–Trinajstić information content (AvgIpc) is 2.20. The SMILES string of the molecule is CCCCCCC(=O)N(C)CCC(C)O. The van der Waals surface area contributed by atoms with Crippen molar-refractivity contribution in [3.05, 3.63) is 0 Å². The van der Waals surface area contributed by atoms with Gasteiger partial charge < -0.3 is 10.0 Å². The zero-order chi connectivity index (χ0) is 11.7. The van der Waals surface area contributed by atoms with Crippen molar-refractivity contribution < 1.29 is 9.90 Å². The molecule has 15 heavy (non-hydrogen) atoms. The lowest BCUT2D eigenvalue weighted by Crippen LogP contribution is -2.29. The van der Waals surface area contributed by atoms with Crippen molar-refractivity contribution >= 4 is 5.91 Å². The highest BCUT2D eigenvalue weighted by molar-refractivity contribution is 5.75. The summed E-state index contributed by atoms with van der Waals surface area (Å²) in [6.45, 7) is 4.57. The van der Waals surface area contributed by atoms with Crippen molar-refractivity contribution in [3.8, 4) is 0 Å². The lowest BCUT2D eigenvalue weighted by Gasteiger charge is -2.17. The van der Waals surface area contributed by atoms with Gasteiger partial charge in [-0.25, -0.2) is 0 Å². The van der Waals surface area contributed by atoms with E-state index in [4.69, 9.17) is 5.11 Å². The number of rotatable bonds is 8. The molecule has 0 aromatic heterocycles. The number of hydrogen-bond donors (Lipinski definition) is 1. The smallest absolute Gasteiger partial charge is 0.222 e. The van der Waals surface area contributed by atoms with Crippen LogP contribution in [0.2, 0.25) is 0 Å². The molecule has 0 radical (unpaired) electrons. The van der Waals surface area contributed by atoms with Crippen LogP contribution in [-0.2, 0) is 4.79 Å². The monoisotopic (exact) mass is 215 g/mol. The van der Waals surface area contributed by atoms with Crippen molar-refractivity contribution in [2.45, 2.75) is 58.5 Å². The van der Waals surface area contributed by atoms with Gasteiger partial charge in [0, 0.05) is 20.0 Å². The largest absolute Gasteiger partial charge is 0.393 e. The summed E-state index contributed by atoms with van der Waals surface area (Å²) in [5.41, 5.74) is 0. The van der Waals surface area contributed by atoms with Gasteiger partial charge in [0.1, 0.15) is 0 Å². The molecule has 0 spiro atoms. The van der Waals surface area contributed by atoms with Crippen LogP contribution in [0.25, 0.3) is 0 Å². The van der Waals surface area contributed by atoms with Crippen LogP contribution in [0.4, 0.5) is 0 Å². The van der Waals surface area contributed by atoms with Gasteiger partial charge in [-0.2, -0.15) is 0 Å². The fourth-order valence-corrected chi connectivity index (χ4v) is 1.40. The topological polar surface area (TPSA) is 40.5 Å². The lowest BCUT2D eigenvalue weighted by atomic mass is 10.1. The molecule has 0 bridgehead atoms. The Morgan fingerprint density at radius 3 is 2.53 bits per heavy atom. The minimum atomic E-state index is -0.319. The minimum Gasteiger partial charge on any atom is -0.393 e. The number of carbonyl (C=O) groups is 1. The summed E-state index contributed by atoms with van der Waals surface area (Å²) in [5, 5.41) is 9.09. The Morgan fingerprint density at radius 2 is 2.00 bits per heavy atom. The van der Waals surface area contributed by atoms with Gasteiger partial charge in [0.2, 0.25) is 5.91 Å². The molecule has 0 aromatic rings. The molecule has 0 heterocycles. The summed E-state index contributed by atoms with van der Waals surface area (Å²) in [4.78, 5) is 13.3. The first-order chi connectivity index (χ1) is 7.07. The fourth-order valence-electron chi connectivity index (χ4n) is 1.40. The van der Waals surface area contributed by atoms with E-state index in [1.807, 2.05) is 7.05 Å². The minimum absolute atomic E-state index is 0.201. The van der Waals surface area contributed by atoms with Crippen molar-refractivity contribution in [3.63, 3.8) is 0 Å². The first kappa shape index (κ1) is 14.4. The van der Waals surface area contributed by atoms with Crippen LogP contribution in [0.3, 0.4) is 0 Å². The number of aliphatic hydroxyl groups is 1. The summed E-state index contributed by atoms with van der Waals surface area (Å²) in [6, 6.07) is 0. The van der Waals surface area contributed by atoms with Crippen molar-refractivity contribution in [1.82, 2.24) is 4.90 Å². The van der Waals surface area contributed by atoms with E-state index in [0.29, 0.717) is 19.4 Å². The summed E-state index contributed by atoms with van der Waals surface area (Å²) in [5.74, 6) is 0.201. The molecule has 0 saturated carbocycles. The lowest BCUT2D eigenvalue weighted by molar-refractivity contribution is -0.130. The summed E-state index contributed by atoms with van der Waals surface area (Å²) >= 11 is 0. The summed E-state index contributed by atoms with van der Waals surface area (Å²) in [7, 11) is 1.81. The molecule has 0 aliphatic rings. The zero-order valence-electron chi connectivity index (χ0n) is 10.3. The van der Waals surface area contributed by atoms with E-state index >= 15 is 0 Å². The van der Waals surface area contributed by atoms with Gasteiger partial charge in [-0.3, -0.25) is 4.79 Å². The van der Waals surface area contributed by atoms with E-state index in [1.54, 1.807) is 11.8 Å². The molecule has 3 nitrogen and oxygen atoms in total. The number of hydrogen-bond acceptors (Lipinski definition) is 2. The normalized spacial score (nSPS) is 12.5. The maximum atomic E-state index is 11.6. The van der Waals surface area contributed by atoms with Gasteiger partial charge in [0.05, 0.1) is 6.10 Å². The van der Waals surface area contributed by atoms with E-state index in [1.165, 1.54) is 12.8 Å². The first-order valence-electron chi connectivity index (χ1n) is 6.00. The Kier molecular flexibility index (Phi) is 8.38. The molecular weight excluding hydrogens is 190 g/mol. The third-order valence-electron chi connectivity index (χ3n) is 2.55. The second kappa shape index (κ2) is 8.72. The molecule has 90 valence electrons. The number of carbonyl (C=O) groups excluding carboxylic acids is 1. The highest BCUT2D eigenvalue weighted by atomic mass is 16.3. The molecule has 0 aliphatic carbocycles. The van der Waals surface area contributed by atoms with Crippen LogP contribution in [0.1, 0.15) is 52.4 Å². The number of nitrogens with zero attached hydrogens (tertiary/aromatic N) is 1. The number of amides is 1. The van der Waals surface area contributed by atoms with Gasteiger partial charge >= 0.3 is 0 Å². The molecule has 0 rings (SSSR count). The molecule has 1 amide bonds. The van der Waals surface area contributed by atoms with E-state index in [-0.39, 0.29) is 12.0 Å². The molecular formula is C12H25NO2. The Balaban J connectivity index is 3.51. The maximum Gasteiger partial charge on any atom is 0.222 e. The average molecular weight is 215 g/mol. The van der Waals surface area contributed by atoms with Gasteiger partial charge in [-0.05, 0) is 19.8 Å². The Labute approximate surface area is 93.5 Å². The molecule has 0 fully saturated rings. The van der Waals surface area contributed by atoms with Crippen molar-refractivity contribution in [1.29, 1.82) is 0 Å². The number of unbranched alkanes of at least 4 members (excludes halogenated alkanes) is 3. The quantitative estimate of drug-likeness (QED) is 0.630. The van der Waals surface area contributed by atoms with Crippen LogP contribution >= 0.6 is 0 Å². The third-order valence-corrected chi connectivity index (χ3v) is 2.55.